The van der Waals surface area contributed by atoms with Crippen molar-refractivity contribution < 1.29 is 27.5 Å². The number of carbonyl (C=O) groups excluding carboxylic acids is 2. The summed E-state index contributed by atoms with van der Waals surface area (Å²) in [6.45, 7) is 0.187. The van der Waals surface area contributed by atoms with Crippen LogP contribution < -0.4 is 10.2 Å². The monoisotopic (exact) mass is 619 g/mol. The number of rotatable bonds is 9. The highest BCUT2D eigenvalue weighted by atomic mass is 32.2. The summed E-state index contributed by atoms with van der Waals surface area (Å²) >= 11 is 1.59. The van der Waals surface area contributed by atoms with Crippen LogP contribution in [-0.4, -0.2) is 61.7 Å². The first kappa shape index (κ1) is 30.4. The third kappa shape index (κ3) is 7.30. The molecule has 0 aliphatic carbocycles. The van der Waals surface area contributed by atoms with E-state index in [4.69, 9.17) is 9.47 Å². The lowest BCUT2D eigenvalue weighted by molar-refractivity contribution is -0.128. The minimum atomic E-state index is -4.04. The third-order valence-electron chi connectivity index (χ3n) is 7.25. The number of fused-ring (bicyclic) bond motifs is 1. The highest BCUT2D eigenvalue weighted by molar-refractivity contribution is 7.99. The van der Waals surface area contributed by atoms with E-state index in [2.05, 4.69) is 5.43 Å². The zero-order valence-electron chi connectivity index (χ0n) is 23.9. The number of hydrogen-bond acceptors (Lipinski definition) is 7. The lowest BCUT2D eigenvalue weighted by Crippen LogP contribution is -2.52. The topological polar surface area (TPSA) is 105 Å². The Morgan fingerprint density at radius 3 is 2.35 bits per heavy atom. The maximum atomic E-state index is 14.0. The molecule has 0 aromatic heterocycles. The van der Waals surface area contributed by atoms with Gasteiger partial charge < -0.3 is 9.47 Å². The molecule has 0 spiro atoms. The summed E-state index contributed by atoms with van der Waals surface area (Å²) < 4.78 is 39.8. The van der Waals surface area contributed by atoms with E-state index >= 15 is 0 Å². The Balaban J connectivity index is 1.32. The molecule has 5 rings (SSSR count). The average Bonchev–Trinajstić information content (AvgIpc) is 3.48. The van der Waals surface area contributed by atoms with E-state index in [9.17, 15) is 18.0 Å². The maximum absolute atomic E-state index is 14.0. The van der Waals surface area contributed by atoms with E-state index in [1.165, 1.54) is 11.4 Å². The normalized spacial score (nSPS) is 17.0. The van der Waals surface area contributed by atoms with Crippen LogP contribution in [0.15, 0.2) is 102 Å². The van der Waals surface area contributed by atoms with E-state index < -0.39 is 28.1 Å². The molecule has 9 nitrogen and oxygen atoms in total. The Labute approximate surface area is 255 Å². The molecule has 1 heterocycles. The number of ether oxygens (including phenoxy) is 2. The first-order valence-electron chi connectivity index (χ1n) is 13.7. The average molecular weight is 620 g/mol. The summed E-state index contributed by atoms with van der Waals surface area (Å²) in [6, 6.07) is 28.3. The SMILES string of the molecule is COc1ccc(CS[C@@H]2C[C@@H](C(=O)NN(C)C(=O)OCc3ccccc3)N(S(=O)(=O)c3ccc4ccccc4c3)C2)cc1. The molecule has 0 bridgehead atoms. The van der Waals surface area contributed by atoms with Gasteiger partial charge in [0.15, 0.2) is 0 Å². The predicted octanol–water partition coefficient (Wildman–Crippen LogP) is 5.21. The molecule has 1 N–H and O–H groups in total. The summed E-state index contributed by atoms with van der Waals surface area (Å²) in [5.74, 6) is 0.792. The zero-order chi connectivity index (χ0) is 30.4. The Morgan fingerprint density at radius 1 is 0.930 bits per heavy atom. The van der Waals surface area contributed by atoms with Crippen molar-refractivity contribution in [3.63, 3.8) is 0 Å². The van der Waals surface area contributed by atoms with Gasteiger partial charge in [0.2, 0.25) is 10.0 Å². The van der Waals surface area contributed by atoms with Gasteiger partial charge in [-0.15, -0.1) is 0 Å². The molecule has 11 heteroatoms. The standard InChI is InChI=1S/C32H33N3O6S2/c1-34(32(37)41-21-23-8-4-3-5-9-23)33-31(36)30-19-28(42-22-24-12-15-27(40-2)16-13-24)20-35(30)43(38,39)29-17-14-25-10-6-7-11-26(25)18-29/h3-18,28,30H,19-22H2,1-2H3,(H,33,36)/t28-,30+/m1/s1. The van der Waals surface area contributed by atoms with E-state index in [1.807, 2.05) is 78.9 Å². The molecular formula is C32H33N3O6S2. The molecule has 4 aromatic carbocycles. The lowest BCUT2D eigenvalue weighted by Gasteiger charge is -2.26. The largest absolute Gasteiger partial charge is 0.497 e. The van der Waals surface area contributed by atoms with Crippen molar-refractivity contribution >= 4 is 44.6 Å². The van der Waals surface area contributed by atoms with Crippen molar-refractivity contribution in [3.05, 3.63) is 108 Å². The Hall–Kier alpha value is -4.06. The molecule has 1 aliphatic rings. The van der Waals surface area contributed by atoms with Crippen LogP contribution >= 0.6 is 11.8 Å². The van der Waals surface area contributed by atoms with Gasteiger partial charge in [0.1, 0.15) is 18.4 Å². The first-order valence-corrected chi connectivity index (χ1v) is 16.2. The van der Waals surface area contributed by atoms with Gasteiger partial charge in [0.05, 0.1) is 12.0 Å². The summed E-state index contributed by atoms with van der Waals surface area (Å²) in [6.07, 6.45) is -0.476. The van der Waals surface area contributed by atoms with Gasteiger partial charge in [-0.3, -0.25) is 10.2 Å². The summed E-state index contributed by atoms with van der Waals surface area (Å²) in [5, 5.41) is 2.50. The Morgan fingerprint density at radius 2 is 1.63 bits per heavy atom. The van der Waals surface area contributed by atoms with Crippen LogP contribution in [-0.2, 0) is 31.9 Å². The van der Waals surface area contributed by atoms with E-state index in [-0.39, 0.29) is 29.7 Å². The molecule has 2 amide bonds. The number of hydrogen-bond donors (Lipinski definition) is 1. The highest BCUT2D eigenvalue weighted by Crippen LogP contribution is 2.35. The van der Waals surface area contributed by atoms with Crippen LogP contribution in [0.3, 0.4) is 0 Å². The first-order chi connectivity index (χ1) is 20.7. The number of hydrazine groups is 1. The van der Waals surface area contributed by atoms with Crippen LogP contribution in [0.2, 0.25) is 0 Å². The van der Waals surface area contributed by atoms with E-state index in [1.54, 1.807) is 37.1 Å². The number of nitrogens with zero attached hydrogens (tertiary/aromatic N) is 2. The van der Waals surface area contributed by atoms with Gasteiger partial charge in [0.25, 0.3) is 5.91 Å². The second-order valence-corrected chi connectivity index (χ2v) is 13.4. The second kappa shape index (κ2) is 13.5. The van der Waals surface area contributed by atoms with Gasteiger partial charge in [0, 0.05) is 24.6 Å². The molecule has 43 heavy (non-hydrogen) atoms. The molecule has 1 aliphatic heterocycles. The molecule has 4 aromatic rings. The Bertz CT molecular complexity index is 1680. The van der Waals surface area contributed by atoms with E-state index in [0.29, 0.717) is 5.75 Å². The van der Waals surface area contributed by atoms with Crippen LogP contribution in [0.1, 0.15) is 17.5 Å². The molecule has 0 unspecified atom stereocenters. The number of thioether (sulfide) groups is 1. The molecule has 0 saturated carbocycles. The van der Waals surface area contributed by atoms with Crippen LogP contribution in [0.4, 0.5) is 4.79 Å². The molecule has 0 radical (unpaired) electrons. The van der Waals surface area contributed by atoms with E-state index in [0.717, 1.165) is 32.7 Å². The fourth-order valence-corrected chi connectivity index (χ4v) is 7.87. The van der Waals surface area contributed by atoms with Crippen LogP contribution in [0, 0.1) is 0 Å². The minimum Gasteiger partial charge on any atom is -0.497 e. The minimum absolute atomic E-state index is 0.0376. The smallest absolute Gasteiger partial charge is 0.428 e. The summed E-state index contributed by atoms with van der Waals surface area (Å²) in [5.41, 5.74) is 4.40. The van der Waals surface area contributed by atoms with Crippen molar-refractivity contribution in [3.8, 4) is 5.75 Å². The predicted molar refractivity (Wildman–Crippen MR) is 167 cm³/mol. The number of carbonyl (C=O) groups is 2. The van der Waals surface area contributed by atoms with Crippen molar-refractivity contribution in [2.75, 3.05) is 20.7 Å². The number of amides is 2. The summed E-state index contributed by atoms with van der Waals surface area (Å²) in [7, 11) is -1.06. The molecule has 2 atom stereocenters. The van der Waals surface area contributed by atoms with Gasteiger partial charge >= 0.3 is 6.09 Å². The number of nitrogens with one attached hydrogen (secondary N) is 1. The van der Waals surface area contributed by atoms with Crippen LogP contribution in [0.5, 0.6) is 5.75 Å². The quantitative estimate of drug-likeness (QED) is 0.257. The molecule has 224 valence electrons. The lowest BCUT2D eigenvalue weighted by atomic mass is 10.1. The third-order valence-corrected chi connectivity index (χ3v) is 10.4. The van der Waals surface area contributed by atoms with Crippen molar-refractivity contribution in [2.45, 2.75) is 35.0 Å². The fourth-order valence-electron chi connectivity index (χ4n) is 4.89. The summed E-state index contributed by atoms with van der Waals surface area (Å²) in [4.78, 5) is 26.3. The number of sulfonamides is 1. The van der Waals surface area contributed by atoms with Crippen molar-refractivity contribution in [2.24, 2.45) is 0 Å². The fraction of sp³-hybridized carbons (Fsp3) is 0.250. The van der Waals surface area contributed by atoms with Gasteiger partial charge in [-0.1, -0.05) is 72.8 Å². The van der Waals surface area contributed by atoms with Crippen molar-refractivity contribution in [1.29, 1.82) is 0 Å². The molecular weight excluding hydrogens is 587 g/mol. The van der Waals surface area contributed by atoms with Gasteiger partial charge in [-0.05, 0) is 52.6 Å². The number of benzene rings is 4. The van der Waals surface area contributed by atoms with Crippen molar-refractivity contribution in [1.82, 2.24) is 14.7 Å². The van der Waals surface area contributed by atoms with Gasteiger partial charge in [-0.25, -0.2) is 18.2 Å². The zero-order valence-corrected chi connectivity index (χ0v) is 25.5. The number of methoxy groups -OCH3 is 1. The highest BCUT2D eigenvalue weighted by Gasteiger charge is 2.44. The maximum Gasteiger partial charge on any atom is 0.428 e. The van der Waals surface area contributed by atoms with Crippen LogP contribution in [0.25, 0.3) is 10.8 Å². The van der Waals surface area contributed by atoms with Gasteiger partial charge in [-0.2, -0.15) is 16.1 Å². The Kier molecular flexibility index (Phi) is 9.54. The second-order valence-electron chi connectivity index (χ2n) is 10.2. The molecule has 1 saturated heterocycles. The molecule has 1 fully saturated rings.